The van der Waals surface area contributed by atoms with Crippen LogP contribution in [0.3, 0.4) is 0 Å². The molecule has 0 saturated heterocycles. The van der Waals surface area contributed by atoms with Crippen LogP contribution in [-0.2, 0) is 0 Å². The van der Waals surface area contributed by atoms with E-state index in [2.05, 4.69) is 108 Å². The number of rotatable bonds is 8. The lowest BCUT2D eigenvalue weighted by atomic mass is 10.2. The maximum Gasteiger partial charge on any atom is 0.273 e. The molecule has 1 rings (SSSR count). The van der Waals surface area contributed by atoms with Gasteiger partial charge < -0.3 is 0 Å². The largest absolute Gasteiger partial charge is 0.273 e. The zero-order valence-corrected chi connectivity index (χ0v) is 18.0. The molecule has 0 radical (unpaired) electrons. The molecule has 136 valence electrons. The van der Waals surface area contributed by atoms with Crippen molar-refractivity contribution in [3.8, 4) is 0 Å². The summed E-state index contributed by atoms with van der Waals surface area (Å²) in [7, 11) is -1.84. The van der Waals surface area contributed by atoms with E-state index in [1.807, 2.05) is 0 Å². The third-order valence-corrected chi connectivity index (χ3v) is 8.37. The Labute approximate surface area is 150 Å². The minimum absolute atomic E-state index is 0.455. The van der Waals surface area contributed by atoms with E-state index >= 15 is 0 Å². The summed E-state index contributed by atoms with van der Waals surface area (Å²) < 4.78 is 10.5. The van der Waals surface area contributed by atoms with Crippen molar-refractivity contribution in [1.82, 2.24) is 9.34 Å². The van der Waals surface area contributed by atoms with E-state index in [9.17, 15) is 0 Å². The fourth-order valence-electron chi connectivity index (χ4n) is 3.90. The maximum atomic E-state index is 5.25. The van der Waals surface area contributed by atoms with Crippen LogP contribution in [0.2, 0.25) is 0 Å². The van der Waals surface area contributed by atoms with Gasteiger partial charge in [0.25, 0.3) is 7.71 Å². The Morgan fingerprint density at radius 1 is 0.750 bits per heavy atom. The van der Waals surface area contributed by atoms with Gasteiger partial charge in [-0.3, -0.25) is 0 Å². The van der Waals surface area contributed by atoms with Crippen LogP contribution in [0.5, 0.6) is 0 Å². The van der Waals surface area contributed by atoms with Gasteiger partial charge in [0.2, 0.25) is 0 Å². The summed E-state index contributed by atoms with van der Waals surface area (Å²) >= 11 is 0. The zero-order valence-electron chi connectivity index (χ0n) is 17.1. The first-order valence-electron chi connectivity index (χ1n) is 9.16. The minimum atomic E-state index is -1.84. The highest BCUT2D eigenvalue weighted by atomic mass is 31.2. The van der Waals surface area contributed by atoms with Crippen molar-refractivity contribution in [2.24, 2.45) is 4.76 Å². The number of benzene rings is 1. The van der Waals surface area contributed by atoms with Crippen LogP contribution in [0.25, 0.3) is 0 Å². The summed E-state index contributed by atoms with van der Waals surface area (Å²) in [5.74, 6) is 0. The molecule has 0 heterocycles. The van der Waals surface area contributed by atoms with Gasteiger partial charge in [-0.15, -0.1) is 9.34 Å². The molecule has 0 atom stereocenters. The fraction of sp³-hybridized carbons (Fsp3) is 0.650. The van der Waals surface area contributed by atoms with Gasteiger partial charge in [0.05, 0.1) is 6.21 Å². The lowest BCUT2D eigenvalue weighted by molar-refractivity contribution is 0.246. The Kier molecular flexibility index (Phi) is 8.05. The maximum absolute atomic E-state index is 5.25. The average molecular weight is 351 g/mol. The Morgan fingerprint density at radius 3 is 1.46 bits per heavy atom. The van der Waals surface area contributed by atoms with E-state index in [4.69, 9.17) is 4.76 Å². The van der Waals surface area contributed by atoms with Crippen molar-refractivity contribution in [2.45, 2.75) is 79.6 Å². The van der Waals surface area contributed by atoms with Gasteiger partial charge in [0, 0.05) is 24.2 Å². The third kappa shape index (κ3) is 5.12. The monoisotopic (exact) mass is 350 g/mol. The first-order valence-corrected chi connectivity index (χ1v) is 11.3. The van der Waals surface area contributed by atoms with Gasteiger partial charge >= 0.3 is 0 Å². The van der Waals surface area contributed by atoms with Gasteiger partial charge in [-0.2, -0.15) is 0 Å². The van der Waals surface area contributed by atoms with E-state index < -0.39 is 7.71 Å². The summed E-state index contributed by atoms with van der Waals surface area (Å²) in [6, 6.07) is 12.3. The van der Waals surface area contributed by atoms with E-state index in [0.29, 0.717) is 24.2 Å². The van der Waals surface area contributed by atoms with Crippen molar-refractivity contribution in [1.29, 1.82) is 0 Å². The van der Waals surface area contributed by atoms with Crippen molar-refractivity contribution < 1.29 is 0 Å². The Balaban J connectivity index is 3.41. The molecule has 0 amide bonds. The molecule has 4 heteroatoms. The molecule has 0 saturated carbocycles. The summed E-state index contributed by atoms with van der Waals surface area (Å²) in [6.45, 7) is 20.7. The molecule has 1 aromatic carbocycles. The van der Waals surface area contributed by atoms with Crippen LogP contribution in [0, 0.1) is 0 Å². The fourth-order valence-corrected chi connectivity index (χ4v) is 8.23. The molecule has 0 aromatic heterocycles. The summed E-state index contributed by atoms with van der Waals surface area (Å²) in [6.07, 6.45) is 2.07. The van der Waals surface area contributed by atoms with Gasteiger partial charge in [-0.1, -0.05) is 35.1 Å². The lowest BCUT2D eigenvalue weighted by Crippen LogP contribution is -2.47. The lowest BCUT2D eigenvalue weighted by Gasteiger charge is -2.44. The van der Waals surface area contributed by atoms with Crippen LogP contribution in [0.4, 0.5) is 0 Å². The molecule has 24 heavy (non-hydrogen) atoms. The molecule has 0 aliphatic carbocycles. The van der Waals surface area contributed by atoms with E-state index in [1.165, 1.54) is 5.56 Å². The second kappa shape index (κ2) is 9.08. The van der Waals surface area contributed by atoms with Gasteiger partial charge in [-0.25, -0.2) is 0 Å². The highest BCUT2D eigenvalue weighted by Crippen LogP contribution is 2.66. The molecule has 1 aromatic rings. The Hall–Kier alpha value is -0.760. The van der Waals surface area contributed by atoms with Crippen LogP contribution < -0.4 is 0 Å². The molecule has 0 spiro atoms. The normalized spacial score (nSPS) is 13.6. The SMILES string of the molecule is CC(C)N(C(C)C)[P+](C)(/N=C/c1ccccc1)N(C(C)C)C(C)C. The quantitative estimate of drug-likeness (QED) is 0.440. The average Bonchev–Trinajstić information content (AvgIpc) is 2.44. The van der Waals surface area contributed by atoms with Crippen LogP contribution in [0.15, 0.2) is 35.1 Å². The Morgan fingerprint density at radius 2 is 1.12 bits per heavy atom. The number of nitrogens with zero attached hydrogens (tertiary/aromatic N) is 3. The molecule has 0 N–H and O–H groups in total. The van der Waals surface area contributed by atoms with Gasteiger partial charge in [0.1, 0.15) is 6.66 Å². The van der Waals surface area contributed by atoms with Crippen LogP contribution >= 0.6 is 7.71 Å². The van der Waals surface area contributed by atoms with Gasteiger partial charge in [-0.05, 0) is 61.0 Å². The highest BCUT2D eigenvalue weighted by Gasteiger charge is 2.51. The first-order chi connectivity index (χ1) is 11.1. The molecule has 0 unspecified atom stereocenters. The molecule has 0 bridgehead atoms. The van der Waals surface area contributed by atoms with Crippen molar-refractivity contribution in [3.05, 3.63) is 35.9 Å². The smallest absolute Gasteiger partial charge is 0.138 e. The minimum Gasteiger partial charge on any atom is -0.138 e. The summed E-state index contributed by atoms with van der Waals surface area (Å²) in [5, 5.41) is 0. The topological polar surface area (TPSA) is 18.8 Å². The molecule has 0 aliphatic heterocycles. The predicted molar refractivity (Wildman–Crippen MR) is 111 cm³/mol. The number of hydrogen-bond donors (Lipinski definition) is 0. The van der Waals surface area contributed by atoms with Crippen LogP contribution in [0.1, 0.15) is 61.0 Å². The zero-order chi connectivity index (χ0) is 18.5. The van der Waals surface area contributed by atoms with E-state index in [1.54, 1.807) is 0 Å². The standard InChI is InChI=1S/C20H37N3P/c1-16(2)22(17(3)4)24(9,23(18(5)6)19(7)8)21-15-20-13-11-10-12-14-20/h10-19H,1-9H3/q+1/b21-15+. The van der Waals surface area contributed by atoms with E-state index in [0.717, 1.165) is 0 Å². The Bertz CT molecular complexity index is 473. The second-order valence-electron chi connectivity index (χ2n) is 7.66. The van der Waals surface area contributed by atoms with Crippen molar-refractivity contribution in [3.63, 3.8) is 0 Å². The molecule has 3 nitrogen and oxygen atoms in total. The van der Waals surface area contributed by atoms with Gasteiger partial charge in [0.15, 0.2) is 0 Å². The van der Waals surface area contributed by atoms with Crippen molar-refractivity contribution >= 4 is 13.9 Å². The summed E-state index contributed by atoms with van der Waals surface area (Å²) in [5.41, 5.74) is 1.17. The second-order valence-corrected chi connectivity index (χ2v) is 10.5. The predicted octanol–water partition coefficient (Wildman–Crippen LogP) is 5.74. The number of hydrogen-bond acceptors (Lipinski definition) is 3. The molecular weight excluding hydrogens is 313 g/mol. The summed E-state index contributed by atoms with van der Waals surface area (Å²) in [4.78, 5) is 0. The van der Waals surface area contributed by atoms with Crippen LogP contribution in [-0.4, -0.2) is 46.4 Å². The van der Waals surface area contributed by atoms with Crippen molar-refractivity contribution in [2.75, 3.05) is 6.66 Å². The molecule has 0 aliphatic rings. The van der Waals surface area contributed by atoms with E-state index in [-0.39, 0.29) is 0 Å². The third-order valence-electron chi connectivity index (χ3n) is 4.22. The molecular formula is C20H37N3P+. The first kappa shape index (κ1) is 21.3. The molecule has 0 fully saturated rings. The highest BCUT2D eigenvalue weighted by molar-refractivity contribution is 7.69.